The molecule has 7 heteroatoms. The molecule has 3 aromatic rings. The predicted molar refractivity (Wildman–Crippen MR) is 132 cm³/mol. The molecule has 1 heterocycles. The summed E-state index contributed by atoms with van der Waals surface area (Å²) in [5.41, 5.74) is 2.26. The summed E-state index contributed by atoms with van der Waals surface area (Å²) >= 11 is 0. The molecule has 3 aromatic carbocycles. The van der Waals surface area contributed by atoms with Gasteiger partial charge in [-0.05, 0) is 29.8 Å². The van der Waals surface area contributed by atoms with Gasteiger partial charge in [0.2, 0.25) is 0 Å². The summed E-state index contributed by atoms with van der Waals surface area (Å²) in [6, 6.07) is 26.9. The molecule has 0 radical (unpaired) electrons. The van der Waals surface area contributed by atoms with E-state index in [4.69, 9.17) is 0 Å². The molecule has 33 heavy (non-hydrogen) atoms. The van der Waals surface area contributed by atoms with Crippen LogP contribution in [-0.2, 0) is 12.7 Å². The van der Waals surface area contributed by atoms with Gasteiger partial charge in [0.1, 0.15) is 0 Å². The molecule has 1 saturated heterocycles. The van der Waals surface area contributed by atoms with Gasteiger partial charge in [0, 0.05) is 38.1 Å². The largest absolute Gasteiger partial charge is 0.416 e. The second-order valence-corrected chi connectivity index (χ2v) is 8.24. The van der Waals surface area contributed by atoms with Crippen LogP contribution in [0.4, 0.5) is 13.2 Å². The number of alkyl halides is 3. The highest BCUT2D eigenvalue weighted by atomic mass is 35.5. The topological polar surface area (TPSA) is 6.48 Å². The number of likely N-dealkylation sites (N-methyl/N-ethyl adjacent to an activating group) is 1. The predicted octanol–water partition coefficient (Wildman–Crippen LogP) is 6.50. The van der Waals surface area contributed by atoms with Crippen molar-refractivity contribution in [1.82, 2.24) is 9.80 Å². The van der Waals surface area contributed by atoms with Crippen LogP contribution >= 0.6 is 24.8 Å². The van der Waals surface area contributed by atoms with Gasteiger partial charge in [-0.3, -0.25) is 9.80 Å². The Morgan fingerprint density at radius 3 is 1.85 bits per heavy atom. The molecule has 1 atom stereocenters. The molecular formula is C26H29Cl2F3N2. The van der Waals surface area contributed by atoms with Crippen LogP contribution in [0, 0.1) is 0 Å². The number of nitrogens with zero attached hydrogens (tertiary/aromatic N) is 2. The average Bonchev–Trinajstić information content (AvgIpc) is 2.77. The Hall–Kier alpha value is -2.05. The Morgan fingerprint density at radius 1 is 0.788 bits per heavy atom. The van der Waals surface area contributed by atoms with Crippen molar-refractivity contribution in [2.45, 2.75) is 24.7 Å². The summed E-state index contributed by atoms with van der Waals surface area (Å²) in [5.74, 6) is 0.146. The SMILES string of the molecule is CN1CCN(Cc2ccccc2C(F)(F)F)C[C@H]1C(c1ccccc1)c1ccccc1.Cl.Cl. The van der Waals surface area contributed by atoms with Crippen LogP contribution < -0.4 is 0 Å². The van der Waals surface area contributed by atoms with Crippen molar-refractivity contribution in [3.05, 3.63) is 107 Å². The van der Waals surface area contributed by atoms with Crippen molar-refractivity contribution in [3.8, 4) is 0 Å². The lowest BCUT2D eigenvalue weighted by Gasteiger charge is -2.44. The zero-order chi connectivity index (χ0) is 21.8. The Balaban J connectivity index is 0.00000193. The molecule has 0 aliphatic carbocycles. The first-order valence-corrected chi connectivity index (χ1v) is 10.6. The molecule has 1 fully saturated rings. The summed E-state index contributed by atoms with van der Waals surface area (Å²) < 4.78 is 40.5. The molecule has 1 aliphatic rings. The molecule has 0 bridgehead atoms. The Bertz CT molecular complexity index is 944. The van der Waals surface area contributed by atoms with Crippen LogP contribution in [0.1, 0.15) is 28.2 Å². The minimum atomic E-state index is -4.33. The van der Waals surface area contributed by atoms with Gasteiger partial charge in [0.15, 0.2) is 0 Å². The Morgan fingerprint density at radius 2 is 1.30 bits per heavy atom. The van der Waals surface area contributed by atoms with E-state index < -0.39 is 11.7 Å². The summed E-state index contributed by atoms with van der Waals surface area (Å²) in [6.45, 7) is 2.57. The monoisotopic (exact) mass is 496 g/mol. The van der Waals surface area contributed by atoms with E-state index in [2.05, 4.69) is 41.1 Å². The van der Waals surface area contributed by atoms with E-state index in [0.29, 0.717) is 18.7 Å². The number of halogens is 5. The van der Waals surface area contributed by atoms with Crippen molar-refractivity contribution in [1.29, 1.82) is 0 Å². The normalized spacial score (nSPS) is 17.3. The lowest BCUT2D eigenvalue weighted by Crippen LogP contribution is -2.53. The summed E-state index contributed by atoms with van der Waals surface area (Å²) in [5, 5.41) is 0. The maximum Gasteiger partial charge on any atom is 0.416 e. The first-order chi connectivity index (χ1) is 14.9. The summed E-state index contributed by atoms with van der Waals surface area (Å²) in [7, 11) is 2.12. The zero-order valence-corrected chi connectivity index (χ0v) is 20.0. The molecule has 0 unspecified atom stereocenters. The molecular weight excluding hydrogens is 468 g/mol. The molecule has 0 N–H and O–H groups in total. The van der Waals surface area contributed by atoms with E-state index in [1.807, 2.05) is 36.4 Å². The zero-order valence-electron chi connectivity index (χ0n) is 18.4. The lowest BCUT2D eigenvalue weighted by atomic mass is 9.83. The maximum absolute atomic E-state index is 13.5. The van der Waals surface area contributed by atoms with Gasteiger partial charge in [0.05, 0.1) is 5.56 Å². The lowest BCUT2D eigenvalue weighted by molar-refractivity contribution is -0.138. The van der Waals surface area contributed by atoms with Crippen LogP contribution in [0.2, 0.25) is 0 Å². The maximum atomic E-state index is 13.5. The van der Waals surface area contributed by atoms with Gasteiger partial charge in [-0.25, -0.2) is 0 Å². The fourth-order valence-corrected chi connectivity index (χ4v) is 4.60. The quantitative estimate of drug-likeness (QED) is 0.397. The minimum Gasteiger partial charge on any atom is -0.300 e. The second-order valence-electron chi connectivity index (χ2n) is 8.24. The van der Waals surface area contributed by atoms with E-state index in [0.717, 1.165) is 13.1 Å². The molecule has 0 spiro atoms. The number of piperazine rings is 1. The second kappa shape index (κ2) is 11.9. The first kappa shape index (κ1) is 27.2. The number of rotatable bonds is 5. The fraction of sp³-hybridized carbons (Fsp3) is 0.308. The van der Waals surface area contributed by atoms with Crippen molar-refractivity contribution in [2.24, 2.45) is 0 Å². The van der Waals surface area contributed by atoms with Crippen LogP contribution in [0.3, 0.4) is 0 Å². The van der Waals surface area contributed by atoms with Gasteiger partial charge in [-0.1, -0.05) is 78.9 Å². The van der Waals surface area contributed by atoms with E-state index in [-0.39, 0.29) is 36.8 Å². The molecule has 0 amide bonds. The van der Waals surface area contributed by atoms with Crippen molar-refractivity contribution in [2.75, 3.05) is 26.7 Å². The third-order valence-corrected chi connectivity index (χ3v) is 6.20. The van der Waals surface area contributed by atoms with Crippen LogP contribution in [0.15, 0.2) is 84.9 Å². The highest BCUT2D eigenvalue weighted by Crippen LogP contribution is 2.35. The first-order valence-electron chi connectivity index (χ1n) is 10.6. The number of benzene rings is 3. The van der Waals surface area contributed by atoms with Crippen LogP contribution in [0.25, 0.3) is 0 Å². The van der Waals surface area contributed by atoms with E-state index in [9.17, 15) is 13.2 Å². The smallest absolute Gasteiger partial charge is 0.300 e. The Kier molecular flexibility index (Phi) is 9.80. The van der Waals surface area contributed by atoms with Gasteiger partial charge in [-0.2, -0.15) is 13.2 Å². The summed E-state index contributed by atoms with van der Waals surface area (Å²) in [4.78, 5) is 4.50. The van der Waals surface area contributed by atoms with E-state index in [1.165, 1.54) is 23.3 Å². The van der Waals surface area contributed by atoms with Gasteiger partial charge in [-0.15, -0.1) is 24.8 Å². The highest BCUT2D eigenvalue weighted by molar-refractivity contribution is 5.85. The fourth-order valence-electron chi connectivity index (χ4n) is 4.60. The average molecular weight is 497 g/mol. The third kappa shape index (κ3) is 6.51. The third-order valence-electron chi connectivity index (χ3n) is 6.20. The number of hydrogen-bond acceptors (Lipinski definition) is 2. The van der Waals surface area contributed by atoms with Gasteiger partial charge in [0.25, 0.3) is 0 Å². The van der Waals surface area contributed by atoms with Gasteiger partial charge < -0.3 is 0 Å². The molecule has 0 saturated carbocycles. The van der Waals surface area contributed by atoms with Crippen molar-refractivity contribution in [3.63, 3.8) is 0 Å². The number of hydrogen-bond donors (Lipinski definition) is 0. The molecule has 4 rings (SSSR count). The van der Waals surface area contributed by atoms with Gasteiger partial charge >= 0.3 is 6.18 Å². The molecule has 0 aromatic heterocycles. The van der Waals surface area contributed by atoms with Crippen molar-refractivity contribution < 1.29 is 13.2 Å². The highest BCUT2D eigenvalue weighted by Gasteiger charge is 2.36. The van der Waals surface area contributed by atoms with Crippen molar-refractivity contribution >= 4 is 24.8 Å². The molecule has 178 valence electrons. The summed E-state index contributed by atoms with van der Waals surface area (Å²) in [6.07, 6.45) is -4.33. The van der Waals surface area contributed by atoms with Crippen LogP contribution in [0.5, 0.6) is 0 Å². The standard InChI is InChI=1S/C26H27F3N2.2ClH/c1-30-16-17-31(18-22-14-8-9-15-23(22)26(27,28)29)19-24(30)25(20-10-4-2-5-11-20)21-12-6-3-7-13-21;;/h2-15,24-25H,16-19H2,1H3;2*1H/t24-;;/m0../s1. The van der Waals surface area contributed by atoms with Crippen LogP contribution in [-0.4, -0.2) is 42.5 Å². The van der Waals surface area contributed by atoms with E-state index in [1.54, 1.807) is 12.1 Å². The Labute approximate surface area is 206 Å². The van der Waals surface area contributed by atoms with E-state index >= 15 is 0 Å². The minimum absolute atomic E-state index is 0. The molecule has 1 aliphatic heterocycles. The molecule has 2 nitrogen and oxygen atoms in total.